The molecule has 1 heterocycles. The highest BCUT2D eigenvalue weighted by atomic mass is 32.2. The fourth-order valence-corrected chi connectivity index (χ4v) is 10.5. The maximum absolute atomic E-state index is 14.4. The molecule has 4 aromatic rings. The van der Waals surface area contributed by atoms with Crippen molar-refractivity contribution in [2.45, 2.75) is 83.0 Å². The van der Waals surface area contributed by atoms with E-state index in [1.54, 1.807) is 12.4 Å². The lowest BCUT2D eigenvalue weighted by molar-refractivity contribution is 0.388. The maximum atomic E-state index is 14.4. The minimum atomic E-state index is -4.29. The van der Waals surface area contributed by atoms with E-state index in [1.165, 1.54) is 85.2 Å². The van der Waals surface area contributed by atoms with Gasteiger partial charge in [-0.1, -0.05) is 25.7 Å². The first-order chi connectivity index (χ1) is 25.9. The Balaban J connectivity index is 1.42. The maximum Gasteiger partial charge on any atom is 0.210 e. The molecule has 54 heavy (non-hydrogen) atoms. The van der Waals surface area contributed by atoms with Crippen LogP contribution in [0.1, 0.15) is 62.5 Å². The molecule has 0 amide bonds. The number of nitrogens with zero attached hydrogens (tertiary/aromatic N) is 4. The Morgan fingerprint density at radius 3 is 1.24 bits per heavy atom. The number of fused-ring (bicyclic) bond motifs is 6. The second-order valence-corrected chi connectivity index (χ2v) is 17.7. The molecule has 4 N–H and O–H groups in total. The van der Waals surface area contributed by atoms with Gasteiger partial charge in [-0.25, -0.2) is 16.8 Å². The molecule has 0 aromatic heterocycles. The predicted octanol–water partition coefficient (Wildman–Crippen LogP) is 7.25. The zero-order chi connectivity index (χ0) is 38.0. The van der Waals surface area contributed by atoms with E-state index >= 15 is 0 Å². The number of aliphatic imine (C=N–C) groups is 4. The molecule has 1 aliphatic heterocycles. The molecular formula is C40H40N4O8S2. The third-order valence-electron chi connectivity index (χ3n) is 10.2. The fourth-order valence-electron chi connectivity index (χ4n) is 7.37. The van der Waals surface area contributed by atoms with E-state index in [2.05, 4.69) is 9.98 Å². The Hall–Kier alpha value is -5.34. The molecular weight excluding hydrogens is 729 g/mol. The van der Waals surface area contributed by atoms with Crippen LogP contribution in [0.25, 0.3) is 0 Å². The van der Waals surface area contributed by atoms with Gasteiger partial charge in [0.2, 0.25) is 19.7 Å². The molecule has 2 aliphatic carbocycles. The van der Waals surface area contributed by atoms with Crippen LogP contribution in [-0.2, 0) is 19.7 Å². The van der Waals surface area contributed by atoms with Crippen LogP contribution in [0.4, 0.5) is 11.4 Å². The molecule has 2 saturated carbocycles. The van der Waals surface area contributed by atoms with Crippen LogP contribution >= 0.6 is 0 Å². The molecule has 3 aliphatic rings. The molecule has 2 fully saturated rings. The number of phenolic OH excluding ortho intramolecular Hbond substituents is 4. The van der Waals surface area contributed by atoms with Crippen molar-refractivity contribution in [1.29, 1.82) is 0 Å². The molecule has 14 heteroatoms. The summed E-state index contributed by atoms with van der Waals surface area (Å²) < 4.78 is 57.4. The van der Waals surface area contributed by atoms with Crippen LogP contribution in [0.3, 0.4) is 0 Å². The van der Waals surface area contributed by atoms with Crippen LogP contribution in [0, 0.1) is 11.8 Å². The first kappa shape index (κ1) is 37.0. The molecule has 0 bridgehead atoms. The van der Waals surface area contributed by atoms with Gasteiger partial charge in [0.05, 0.1) is 43.0 Å². The lowest BCUT2D eigenvalue weighted by atomic mass is 9.85. The summed E-state index contributed by atoms with van der Waals surface area (Å²) in [6, 6.07) is 14.9. The van der Waals surface area contributed by atoms with Crippen LogP contribution < -0.4 is 0 Å². The highest BCUT2D eigenvalue weighted by Gasteiger charge is 2.30. The summed E-state index contributed by atoms with van der Waals surface area (Å²) in [6.45, 7) is 0. The number of phenols is 4. The van der Waals surface area contributed by atoms with E-state index in [-0.39, 0.29) is 89.0 Å². The first-order valence-electron chi connectivity index (χ1n) is 17.9. The summed E-state index contributed by atoms with van der Waals surface area (Å²) >= 11 is 0. The summed E-state index contributed by atoms with van der Waals surface area (Å²) in [7, 11) is -8.53. The standard InChI is InChI=1S/C40H40N4O8S2/c45-29-9-13-37-27(17-29)23-41-33-7-3-1-5-25(33)21-43-35-19-31(47)11-15-39(35)54(51,52)40-16-12-32(48)20-36(40)44-22-26-6-2-4-8-34(26)42-24-28-18-30(46)10-14-38(28)53(37,49)50/h9-26,33-34,45-48H,1-8H2/t25-,26-,33+,34+/m0/s1. The number of hydrogen-bond donors (Lipinski definition) is 4. The second kappa shape index (κ2) is 15.2. The Kier molecular flexibility index (Phi) is 10.4. The summed E-state index contributed by atoms with van der Waals surface area (Å²) in [5, 5.41) is 41.7. The molecule has 4 aromatic carbocycles. The average molecular weight is 769 g/mol. The summed E-state index contributed by atoms with van der Waals surface area (Å²) in [5.41, 5.74) is 0.371. The van der Waals surface area contributed by atoms with Crippen molar-refractivity contribution in [2.75, 3.05) is 0 Å². The van der Waals surface area contributed by atoms with Gasteiger partial charge in [0.15, 0.2) is 0 Å². The lowest BCUT2D eigenvalue weighted by Crippen LogP contribution is -2.24. The van der Waals surface area contributed by atoms with Gasteiger partial charge in [0.1, 0.15) is 23.0 Å². The smallest absolute Gasteiger partial charge is 0.210 e. The molecule has 12 nitrogen and oxygen atoms in total. The van der Waals surface area contributed by atoms with Gasteiger partial charge in [-0.05, 0) is 86.3 Å². The number of hydrogen-bond acceptors (Lipinski definition) is 12. The number of aromatic hydroxyl groups is 4. The topological polar surface area (TPSA) is 199 Å². The zero-order valence-electron chi connectivity index (χ0n) is 29.2. The first-order valence-corrected chi connectivity index (χ1v) is 20.8. The number of sulfone groups is 2. The Labute approximate surface area is 313 Å². The van der Waals surface area contributed by atoms with Gasteiger partial charge in [0.25, 0.3) is 0 Å². The van der Waals surface area contributed by atoms with Crippen molar-refractivity contribution in [1.82, 2.24) is 0 Å². The molecule has 0 spiro atoms. The van der Waals surface area contributed by atoms with Crippen molar-refractivity contribution in [2.24, 2.45) is 31.8 Å². The van der Waals surface area contributed by atoms with Crippen LogP contribution in [-0.4, -0.2) is 74.2 Å². The fraction of sp³-hybridized carbons (Fsp3) is 0.300. The number of benzene rings is 4. The van der Waals surface area contributed by atoms with Crippen molar-refractivity contribution in [3.63, 3.8) is 0 Å². The third-order valence-corrected chi connectivity index (χ3v) is 14.0. The van der Waals surface area contributed by atoms with Crippen molar-refractivity contribution in [3.05, 3.63) is 83.9 Å². The van der Waals surface area contributed by atoms with Gasteiger partial charge in [-0.2, -0.15) is 0 Å². The summed E-state index contributed by atoms with van der Waals surface area (Å²) in [4.78, 5) is 18.3. The van der Waals surface area contributed by atoms with Crippen LogP contribution in [0.2, 0.25) is 0 Å². The molecule has 0 unspecified atom stereocenters. The molecule has 7 rings (SSSR count). The molecule has 0 radical (unpaired) electrons. The van der Waals surface area contributed by atoms with Crippen LogP contribution in [0.5, 0.6) is 23.0 Å². The average Bonchev–Trinajstić information content (AvgIpc) is 3.14. The van der Waals surface area contributed by atoms with E-state index in [1.807, 2.05) is 0 Å². The Morgan fingerprint density at radius 1 is 0.463 bits per heavy atom. The van der Waals surface area contributed by atoms with Gasteiger partial charge in [-0.3, -0.25) is 20.0 Å². The normalized spacial score (nSPS) is 23.6. The third kappa shape index (κ3) is 7.66. The largest absolute Gasteiger partial charge is 0.508 e. The lowest BCUT2D eigenvalue weighted by Gasteiger charge is -2.26. The Bertz CT molecular complexity index is 2100. The van der Waals surface area contributed by atoms with E-state index in [4.69, 9.17) is 9.98 Å². The molecule has 0 saturated heterocycles. The summed E-state index contributed by atoms with van der Waals surface area (Å²) in [6.07, 6.45) is 12.2. The van der Waals surface area contributed by atoms with Gasteiger partial charge < -0.3 is 20.4 Å². The predicted molar refractivity (Wildman–Crippen MR) is 206 cm³/mol. The van der Waals surface area contributed by atoms with E-state index in [0.717, 1.165) is 25.7 Å². The van der Waals surface area contributed by atoms with Gasteiger partial charge in [-0.15, -0.1) is 0 Å². The SMILES string of the molecule is O=S1(=O)c2ccc(O)cc2C=N[C@@H]2CCCC[C@H]2C=Nc2cc(O)ccc2S(=O)(=O)c2ccc(O)cc2N=C[C@@H]2CCCC[C@H]2N=Cc2cc(O)ccc21. The van der Waals surface area contributed by atoms with E-state index in [0.29, 0.717) is 25.7 Å². The summed E-state index contributed by atoms with van der Waals surface area (Å²) in [5.74, 6) is -1.18. The van der Waals surface area contributed by atoms with E-state index < -0.39 is 19.7 Å². The van der Waals surface area contributed by atoms with Gasteiger partial charge >= 0.3 is 0 Å². The second-order valence-electron chi connectivity index (χ2n) is 13.9. The highest BCUT2D eigenvalue weighted by Crippen LogP contribution is 2.39. The monoisotopic (exact) mass is 768 g/mol. The minimum absolute atomic E-state index is 0.0150. The van der Waals surface area contributed by atoms with Gasteiger partial charge in [0, 0.05) is 60.0 Å². The highest BCUT2D eigenvalue weighted by molar-refractivity contribution is 7.92. The molecule has 280 valence electrons. The van der Waals surface area contributed by atoms with Crippen LogP contribution in [0.15, 0.2) is 112 Å². The molecule has 4 atom stereocenters. The van der Waals surface area contributed by atoms with E-state index in [9.17, 15) is 37.3 Å². The van der Waals surface area contributed by atoms with Crippen molar-refractivity contribution < 1.29 is 37.3 Å². The zero-order valence-corrected chi connectivity index (χ0v) is 30.9. The quantitative estimate of drug-likeness (QED) is 0.143. The minimum Gasteiger partial charge on any atom is -0.508 e. The van der Waals surface area contributed by atoms with Crippen molar-refractivity contribution in [3.8, 4) is 23.0 Å². The Morgan fingerprint density at radius 2 is 0.815 bits per heavy atom. The number of rotatable bonds is 0. The van der Waals surface area contributed by atoms with Crippen molar-refractivity contribution >= 4 is 55.9 Å².